The number of ether oxygens (including phenoxy) is 4. The normalized spacial score (nSPS) is 20.1. The van der Waals surface area contributed by atoms with Crippen molar-refractivity contribution in [2.45, 2.75) is 26.1 Å². The second kappa shape index (κ2) is 9.24. The van der Waals surface area contributed by atoms with E-state index in [4.69, 9.17) is 18.9 Å². The maximum absolute atomic E-state index is 12.2. The number of carbonyl (C=O) groups is 2. The van der Waals surface area contributed by atoms with Crippen LogP contribution in [-0.4, -0.2) is 62.9 Å². The molecule has 7 heteroatoms. The molecule has 0 unspecified atom stereocenters. The smallest absolute Gasteiger partial charge is 0.331 e. The molecule has 1 fully saturated rings. The summed E-state index contributed by atoms with van der Waals surface area (Å²) in [5, 5.41) is 0. The highest BCUT2D eigenvalue weighted by molar-refractivity contribution is 5.89. The number of carbonyl (C=O) groups excluding carboxylic acids is 2. The van der Waals surface area contributed by atoms with Gasteiger partial charge in [-0.25, -0.2) is 4.79 Å². The molecule has 1 heterocycles. The fourth-order valence-electron chi connectivity index (χ4n) is 2.77. The Labute approximate surface area is 153 Å². The van der Waals surface area contributed by atoms with Crippen LogP contribution in [0.3, 0.4) is 0 Å². The van der Waals surface area contributed by atoms with E-state index in [-0.39, 0.29) is 24.7 Å². The van der Waals surface area contributed by atoms with Gasteiger partial charge in [-0.1, -0.05) is 6.07 Å². The molecule has 0 aromatic heterocycles. The third-order valence-corrected chi connectivity index (χ3v) is 3.93. The van der Waals surface area contributed by atoms with Gasteiger partial charge >= 0.3 is 5.97 Å². The molecule has 7 nitrogen and oxygen atoms in total. The van der Waals surface area contributed by atoms with E-state index in [1.807, 2.05) is 13.8 Å². The summed E-state index contributed by atoms with van der Waals surface area (Å²) in [7, 11) is 3.09. The molecule has 0 saturated carbocycles. The van der Waals surface area contributed by atoms with Crippen LogP contribution in [0.25, 0.3) is 6.08 Å². The minimum atomic E-state index is -0.581. The van der Waals surface area contributed by atoms with E-state index in [9.17, 15) is 9.59 Å². The molecule has 0 radical (unpaired) electrons. The molecule has 0 N–H and O–H groups in total. The van der Waals surface area contributed by atoms with Gasteiger partial charge in [0, 0.05) is 19.2 Å². The second-order valence-electron chi connectivity index (χ2n) is 6.11. The molecule has 1 aromatic carbocycles. The van der Waals surface area contributed by atoms with Crippen LogP contribution in [-0.2, 0) is 19.1 Å². The summed E-state index contributed by atoms with van der Waals surface area (Å²) < 4.78 is 21.0. The van der Waals surface area contributed by atoms with Gasteiger partial charge in [0.05, 0.1) is 26.4 Å². The topological polar surface area (TPSA) is 74.3 Å². The Morgan fingerprint density at radius 3 is 2.42 bits per heavy atom. The van der Waals surface area contributed by atoms with Gasteiger partial charge in [-0.05, 0) is 37.6 Å². The van der Waals surface area contributed by atoms with Gasteiger partial charge in [-0.2, -0.15) is 0 Å². The number of amides is 1. The molecule has 1 aliphatic rings. The first kappa shape index (κ1) is 19.8. The molecule has 1 saturated heterocycles. The summed E-state index contributed by atoms with van der Waals surface area (Å²) in [6, 6.07) is 5.27. The van der Waals surface area contributed by atoms with Gasteiger partial charge in [0.25, 0.3) is 5.91 Å². The van der Waals surface area contributed by atoms with Crippen molar-refractivity contribution < 1.29 is 28.5 Å². The van der Waals surface area contributed by atoms with Crippen molar-refractivity contribution in [3.63, 3.8) is 0 Å². The summed E-state index contributed by atoms with van der Waals surface area (Å²) in [5.74, 6) is 0.364. The molecular weight excluding hydrogens is 338 g/mol. The molecule has 0 bridgehead atoms. The first-order chi connectivity index (χ1) is 12.4. The number of rotatable bonds is 6. The van der Waals surface area contributed by atoms with Crippen molar-refractivity contribution in [2.75, 3.05) is 33.9 Å². The lowest BCUT2D eigenvalue weighted by molar-refractivity contribution is -0.154. The number of hydrogen-bond acceptors (Lipinski definition) is 6. The highest BCUT2D eigenvalue weighted by atomic mass is 16.5. The van der Waals surface area contributed by atoms with Crippen molar-refractivity contribution in [2.24, 2.45) is 0 Å². The zero-order valence-corrected chi connectivity index (χ0v) is 15.6. The lowest BCUT2D eigenvalue weighted by atomic mass is 10.2. The van der Waals surface area contributed by atoms with Crippen LogP contribution >= 0.6 is 0 Å². The fraction of sp³-hybridized carbons (Fsp3) is 0.474. The van der Waals surface area contributed by atoms with E-state index < -0.39 is 5.97 Å². The number of hydrogen-bond donors (Lipinski definition) is 0. The van der Waals surface area contributed by atoms with Gasteiger partial charge in [0.15, 0.2) is 18.1 Å². The summed E-state index contributed by atoms with van der Waals surface area (Å²) >= 11 is 0. The first-order valence-corrected chi connectivity index (χ1v) is 8.43. The summed E-state index contributed by atoms with van der Waals surface area (Å²) in [4.78, 5) is 25.7. The summed E-state index contributed by atoms with van der Waals surface area (Å²) in [6.07, 6.45) is 2.82. The monoisotopic (exact) mass is 363 g/mol. The van der Waals surface area contributed by atoms with E-state index >= 15 is 0 Å². The predicted octanol–water partition coefficient (Wildman–Crippen LogP) is 1.90. The largest absolute Gasteiger partial charge is 0.493 e. The molecule has 0 spiro atoms. The first-order valence-electron chi connectivity index (χ1n) is 8.43. The second-order valence-corrected chi connectivity index (χ2v) is 6.11. The van der Waals surface area contributed by atoms with Crippen molar-refractivity contribution in [3.8, 4) is 11.5 Å². The molecule has 2 rings (SSSR count). The number of morpholine rings is 1. The molecule has 2 atom stereocenters. The molecule has 1 amide bonds. The van der Waals surface area contributed by atoms with Gasteiger partial charge in [0.2, 0.25) is 0 Å². The molecular formula is C19H25NO6. The zero-order chi connectivity index (χ0) is 19.1. The van der Waals surface area contributed by atoms with E-state index in [1.165, 1.54) is 6.08 Å². The third kappa shape index (κ3) is 5.49. The fourth-order valence-corrected chi connectivity index (χ4v) is 2.77. The molecule has 142 valence electrons. The average molecular weight is 363 g/mol. The number of esters is 1. The minimum absolute atomic E-state index is 0.0247. The van der Waals surface area contributed by atoms with Crippen molar-refractivity contribution >= 4 is 18.0 Å². The Bertz CT molecular complexity index is 662. The van der Waals surface area contributed by atoms with Crippen molar-refractivity contribution in [1.29, 1.82) is 0 Å². The number of benzene rings is 1. The average Bonchev–Trinajstić information content (AvgIpc) is 2.63. The van der Waals surface area contributed by atoms with Gasteiger partial charge in [0.1, 0.15) is 0 Å². The van der Waals surface area contributed by atoms with Crippen LogP contribution in [0.1, 0.15) is 19.4 Å². The highest BCUT2D eigenvalue weighted by Crippen LogP contribution is 2.27. The maximum atomic E-state index is 12.2. The molecule has 26 heavy (non-hydrogen) atoms. The minimum Gasteiger partial charge on any atom is -0.493 e. The van der Waals surface area contributed by atoms with E-state index in [2.05, 4.69) is 0 Å². The van der Waals surface area contributed by atoms with Crippen LogP contribution in [0.4, 0.5) is 0 Å². The van der Waals surface area contributed by atoms with Gasteiger partial charge < -0.3 is 23.8 Å². The molecule has 1 aromatic rings. The predicted molar refractivity (Wildman–Crippen MR) is 96.1 cm³/mol. The summed E-state index contributed by atoms with van der Waals surface area (Å²) in [5.41, 5.74) is 0.752. The molecule has 1 aliphatic heterocycles. The van der Waals surface area contributed by atoms with E-state index in [0.717, 1.165) is 5.56 Å². The van der Waals surface area contributed by atoms with Crippen LogP contribution < -0.4 is 9.47 Å². The lowest BCUT2D eigenvalue weighted by Gasteiger charge is -2.35. The van der Waals surface area contributed by atoms with Crippen molar-refractivity contribution in [1.82, 2.24) is 4.90 Å². The Hall–Kier alpha value is -2.54. The Morgan fingerprint density at radius 2 is 1.81 bits per heavy atom. The van der Waals surface area contributed by atoms with Crippen LogP contribution in [0.15, 0.2) is 24.3 Å². The quantitative estimate of drug-likeness (QED) is 0.568. The lowest BCUT2D eigenvalue weighted by Crippen LogP contribution is -2.49. The molecule has 0 aliphatic carbocycles. The maximum Gasteiger partial charge on any atom is 0.331 e. The van der Waals surface area contributed by atoms with Crippen molar-refractivity contribution in [3.05, 3.63) is 29.8 Å². The number of methoxy groups -OCH3 is 2. The van der Waals surface area contributed by atoms with Crippen LogP contribution in [0, 0.1) is 0 Å². The SMILES string of the molecule is COc1ccc(/C=C/C(=O)OCC(=O)N2C[C@@H](C)O[C@@H](C)C2)cc1OC. The Morgan fingerprint density at radius 1 is 1.15 bits per heavy atom. The zero-order valence-electron chi connectivity index (χ0n) is 15.6. The van der Waals surface area contributed by atoms with E-state index in [1.54, 1.807) is 43.4 Å². The van der Waals surface area contributed by atoms with Gasteiger partial charge in [-0.3, -0.25) is 4.79 Å². The van der Waals surface area contributed by atoms with Crippen LogP contribution in [0.5, 0.6) is 11.5 Å². The van der Waals surface area contributed by atoms with Gasteiger partial charge in [-0.15, -0.1) is 0 Å². The third-order valence-electron chi connectivity index (χ3n) is 3.93. The summed E-state index contributed by atoms with van der Waals surface area (Å²) in [6.45, 7) is 4.54. The number of nitrogens with zero attached hydrogens (tertiary/aromatic N) is 1. The van der Waals surface area contributed by atoms with E-state index in [0.29, 0.717) is 24.6 Å². The standard InChI is InChI=1S/C19H25NO6/c1-13-10-20(11-14(2)26-13)18(21)12-25-19(22)8-6-15-5-7-16(23-3)17(9-15)24-4/h5-9,13-14H,10-12H2,1-4H3/b8-6+/t13-,14+. The Kier molecular flexibility index (Phi) is 7.03. The Balaban J connectivity index is 1.86. The van der Waals surface area contributed by atoms with Crippen LogP contribution in [0.2, 0.25) is 0 Å². The highest BCUT2D eigenvalue weighted by Gasteiger charge is 2.26.